The molecule has 5 heteroatoms. The van der Waals surface area contributed by atoms with Crippen molar-refractivity contribution in [1.29, 1.82) is 0 Å². The Balaban J connectivity index is 2.14. The molecule has 0 radical (unpaired) electrons. The highest BCUT2D eigenvalue weighted by atomic mass is 79.9. The van der Waals surface area contributed by atoms with E-state index in [0.717, 1.165) is 33.9 Å². The molecular weight excluding hydrogens is 394 g/mol. The number of aryl methyl sites for hydroxylation is 2. The van der Waals surface area contributed by atoms with Crippen LogP contribution in [0.15, 0.2) is 33.2 Å². The zero-order valence-corrected chi connectivity index (χ0v) is 15.8. The highest BCUT2D eigenvalue weighted by Crippen LogP contribution is 2.23. The van der Waals surface area contributed by atoms with E-state index >= 15 is 0 Å². The van der Waals surface area contributed by atoms with Gasteiger partial charge < -0.3 is 5.32 Å². The van der Waals surface area contributed by atoms with Crippen molar-refractivity contribution in [1.82, 2.24) is 15.1 Å². The Kier molecular flexibility index (Phi) is 6.02. The van der Waals surface area contributed by atoms with Gasteiger partial charge in [-0.2, -0.15) is 5.10 Å². The molecule has 1 unspecified atom stereocenters. The monoisotopic (exact) mass is 413 g/mol. The van der Waals surface area contributed by atoms with Gasteiger partial charge in [0.15, 0.2) is 0 Å². The molecule has 0 saturated heterocycles. The largest absolute Gasteiger partial charge is 0.316 e. The standard InChI is InChI=1S/C16H21Br2N3/c1-4-14-16(18)15(21(3)20-14)10-13(19-2)9-11-6-5-7-12(17)8-11/h5-8,13,19H,4,9-10H2,1-3H3. The molecule has 1 heterocycles. The lowest BCUT2D eigenvalue weighted by Crippen LogP contribution is -2.30. The summed E-state index contributed by atoms with van der Waals surface area (Å²) < 4.78 is 4.28. The summed E-state index contributed by atoms with van der Waals surface area (Å²) in [6, 6.07) is 8.88. The molecule has 0 aliphatic rings. The fourth-order valence-electron chi connectivity index (χ4n) is 2.50. The summed E-state index contributed by atoms with van der Waals surface area (Å²) in [6.45, 7) is 2.13. The summed E-state index contributed by atoms with van der Waals surface area (Å²) in [5, 5.41) is 7.99. The molecule has 2 rings (SSSR count). The van der Waals surface area contributed by atoms with Gasteiger partial charge >= 0.3 is 0 Å². The number of halogens is 2. The lowest BCUT2D eigenvalue weighted by Gasteiger charge is -2.17. The van der Waals surface area contributed by atoms with Crippen LogP contribution in [0.4, 0.5) is 0 Å². The summed E-state index contributed by atoms with van der Waals surface area (Å²) in [4.78, 5) is 0. The van der Waals surface area contributed by atoms with Crippen LogP contribution in [-0.4, -0.2) is 22.9 Å². The van der Waals surface area contributed by atoms with Crippen molar-refractivity contribution in [3.63, 3.8) is 0 Å². The van der Waals surface area contributed by atoms with E-state index in [-0.39, 0.29) is 0 Å². The number of benzene rings is 1. The average Bonchev–Trinajstić information content (AvgIpc) is 2.73. The molecule has 0 amide bonds. The van der Waals surface area contributed by atoms with Crippen molar-refractivity contribution in [3.8, 4) is 0 Å². The predicted molar refractivity (Wildman–Crippen MR) is 94.7 cm³/mol. The minimum absolute atomic E-state index is 0.385. The summed E-state index contributed by atoms with van der Waals surface area (Å²) >= 11 is 7.23. The molecular formula is C16H21Br2N3. The van der Waals surface area contributed by atoms with Gasteiger partial charge in [-0.1, -0.05) is 35.0 Å². The highest BCUT2D eigenvalue weighted by Gasteiger charge is 2.17. The molecule has 0 fully saturated rings. The van der Waals surface area contributed by atoms with Crippen LogP contribution in [0.3, 0.4) is 0 Å². The second-order valence-electron chi connectivity index (χ2n) is 5.21. The first-order valence-electron chi connectivity index (χ1n) is 7.17. The van der Waals surface area contributed by atoms with Crippen molar-refractivity contribution in [3.05, 3.63) is 50.2 Å². The van der Waals surface area contributed by atoms with Gasteiger partial charge in [0, 0.05) is 24.0 Å². The molecule has 21 heavy (non-hydrogen) atoms. The van der Waals surface area contributed by atoms with Gasteiger partial charge in [-0.05, 0) is 53.5 Å². The third-order valence-corrected chi connectivity index (χ3v) is 5.13. The van der Waals surface area contributed by atoms with E-state index < -0.39 is 0 Å². The van der Waals surface area contributed by atoms with Crippen LogP contribution in [0, 0.1) is 0 Å². The van der Waals surface area contributed by atoms with Crippen molar-refractivity contribution in [2.45, 2.75) is 32.2 Å². The Morgan fingerprint density at radius 1 is 1.29 bits per heavy atom. The van der Waals surface area contributed by atoms with Crippen molar-refractivity contribution < 1.29 is 0 Å². The van der Waals surface area contributed by atoms with E-state index in [0.29, 0.717) is 6.04 Å². The van der Waals surface area contributed by atoms with Crippen LogP contribution in [0.1, 0.15) is 23.9 Å². The van der Waals surface area contributed by atoms with Crippen LogP contribution in [0.5, 0.6) is 0 Å². The Hall–Kier alpha value is -0.650. The zero-order valence-electron chi connectivity index (χ0n) is 12.7. The van der Waals surface area contributed by atoms with Crippen LogP contribution >= 0.6 is 31.9 Å². The number of aromatic nitrogens is 2. The molecule has 114 valence electrons. The summed E-state index contributed by atoms with van der Waals surface area (Å²) in [7, 11) is 4.04. The Bertz CT molecular complexity index is 608. The maximum Gasteiger partial charge on any atom is 0.0766 e. The second-order valence-corrected chi connectivity index (χ2v) is 6.92. The van der Waals surface area contributed by atoms with Gasteiger partial charge in [0.1, 0.15) is 0 Å². The minimum atomic E-state index is 0.385. The molecule has 0 bridgehead atoms. The van der Waals surface area contributed by atoms with Crippen molar-refractivity contribution in [2.75, 3.05) is 7.05 Å². The number of rotatable bonds is 6. The van der Waals surface area contributed by atoms with Crippen molar-refractivity contribution >= 4 is 31.9 Å². The fraction of sp³-hybridized carbons (Fsp3) is 0.438. The number of hydrogen-bond donors (Lipinski definition) is 1. The molecule has 0 saturated carbocycles. The maximum atomic E-state index is 4.57. The molecule has 0 spiro atoms. The molecule has 0 aliphatic carbocycles. The third kappa shape index (κ3) is 4.18. The summed E-state index contributed by atoms with van der Waals surface area (Å²) in [6.07, 6.45) is 2.90. The van der Waals surface area contributed by atoms with Gasteiger partial charge in [0.2, 0.25) is 0 Å². The Morgan fingerprint density at radius 3 is 2.62 bits per heavy atom. The third-order valence-electron chi connectivity index (χ3n) is 3.72. The Labute approximate surface area is 143 Å². The summed E-state index contributed by atoms with van der Waals surface area (Å²) in [5.41, 5.74) is 3.71. The zero-order chi connectivity index (χ0) is 15.4. The van der Waals surface area contributed by atoms with Crippen LogP contribution in [0.2, 0.25) is 0 Å². The first kappa shape index (κ1) is 16.7. The quantitative estimate of drug-likeness (QED) is 0.777. The van der Waals surface area contributed by atoms with Gasteiger partial charge in [0.25, 0.3) is 0 Å². The smallest absolute Gasteiger partial charge is 0.0766 e. The molecule has 1 N–H and O–H groups in total. The van der Waals surface area contributed by atoms with Crippen LogP contribution < -0.4 is 5.32 Å². The topological polar surface area (TPSA) is 29.9 Å². The number of hydrogen-bond acceptors (Lipinski definition) is 2. The van der Waals surface area contributed by atoms with E-state index in [9.17, 15) is 0 Å². The van der Waals surface area contributed by atoms with Gasteiger partial charge in [0.05, 0.1) is 15.9 Å². The minimum Gasteiger partial charge on any atom is -0.316 e. The first-order valence-corrected chi connectivity index (χ1v) is 8.75. The molecule has 3 nitrogen and oxygen atoms in total. The number of nitrogens with zero attached hydrogens (tertiary/aromatic N) is 2. The lowest BCUT2D eigenvalue weighted by atomic mass is 10.0. The van der Waals surface area contributed by atoms with E-state index in [4.69, 9.17) is 0 Å². The average molecular weight is 415 g/mol. The van der Waals surface area contributed by atoms with Gasteiger partial charge in [-0.15, -0.1) is 0 Å². The predicted octanol–water partition coefficient (Wildman–Crippen LogP) is 3.88. The SMILES string of the molecule is CCc1nn(C)c(CC(Cc2cccc(Br)c2)NC)c1Br. The fourth-order valence-corrected chi connectivity index (χ4v) is 3.72. The molecule has 1 atom stereocenters. The molecule has 1 aromatic carbocycles. The highest BCUT2D eigenvalue weighted by molar-refractivity contribution is 9.10. The van der Waals surface area contributed by atoms with Gasteiger partial charge in [-0.25, -0.2) is 0 Å². The molecule has 0 aliphatic heterocycles. The van der Waals surface area contributed by atoms with E-state index in [1.165, 1.54) is 11.3 Å². The van der Waals surface area contributed by atoms with E-state index in [2.05, 4.69) is 73.5 Å². The Morgan fingerprint density at radius 2 is 2.05 bits per heavy atom. The second kappa shape index (κ2) is 7.56. The van der Waals surface area contributed by atoms with Crippen LogP contribution in [-0.2, 0) is 26.3 Å². The summed E-state index contributed by atoms with van der Waals surface area (Å²) in [5.74, 6) is 0. The maximum absolute atomic E-state index is 4.57. The number of likely N-dealkylation sites (N-methyl/N-ethyl adjacent to an activating group) is 1. The van der Waals surface area contributed by atoms with Crippen molar-refractivity contribution in [2.24, 2.45) is 7.05 Å². The lowest BCUT2D eigenvalue weighted by molar-refractivity contribution is 0.532. The number of nitrogens with one attached hydrogen (secondary N) is 1. The van der Waals surface area contributed by atoms with E-state index in [1.54, 1.807) is 0 Å². The first-order chi connectivity index (χ1) is 10.0. The molecule has 1 aromatic heterocycles. The van der Waals surface area contributed by atoms with Crippen LogP contribution in [0.25, 0.3) is 0 Å². The van der Waals surface area contributed by atoms with Gasteiger partial charge in [-0.3, -0.25) is 4.68 Å². The molecule has 2 aromatic rings. The van der Waals surface area contributed by atoms with E-state index in [1.807, 2.05) is 18.8 Å². The normalized spacial score (nSPS) is 12.6.